The van der Waals surface area contributed by atoms with E-state index in [1.54, 1.807) is 0 Å². The molecule has 0 fully saturated rings. The lowest BCUT2D eigenvalue weighted by Crippen LogP contribution is -2.20. The summed E-state index contributed by atoms with van der Waals surface area (Å²) in [6, 6.07) is 8.21. The summed E-state index contributed by atoms with van der Waals surface area (Å²) in [5.74, 6) is 0.00524. The maximum Gasteiger partial charge on any atom is 0.216 e. The number of nitrogen functional groups attached to an aromatic ring is 1. The van der Waals surface area contributed by atoms with Crippen molar-refractivity contribution >= 4 is 28.5 Å². The van der Waals surface area contributed by atoms with Gasteiger partial charge in [-0.05, 0) is 18.9 Å². The van der Waals surface area contributed by atoms with Crippen LogP contribution in [-0.4, -0.2) is 17.4 Å². The van der Waals surface area contributed by atoms with Crippen LogP contribution in [0, 0.1) is 6.92 Å². The van der Waals surface area contributed by atoms with Crippen LogP contribution in [0.15, 0.2) is 30.3 Å². The van der Waals surface area contributed by atoms with Gasteiger partial charge in [-0.15, -0.1) is 11.3 Å². The second-order valence-electron chi connectivity index (χ2n) is 4.75. The third-order valence-electron chi connectivity index (χ3n) is 2.99. The number of rotatable bonds is 5. The Balaban J connectivity index is 1.97. The predicted molar refractivity (Wildman–Crippen MR) is 89.0 cm³/mol. The van der Waals surface area contributed by atoms with Gasteiger partial charge in [0, 0.05) is 23.9 Å². The molecule has 0 saturated heterocycles. The van der Waals surface area contributed by atoms with Gasteiger partial charge in [0.2, 0.25) is 5.91 Å². The SMILES string of the molecule is CC(=O)NCCC=Cc1ccc(-c2nc(N)sc2C)cc1. The zero-order valence-corrected chi connectivity index (χ0v) is 13.0. The maximum absolute atomic E-state index is 10.7. The Kier molecular flexibility index (Phi) is 5.11. The van der Waals surface area contributed by atoms with Gasteiger partial charge in [-0.25, -0.2) is 4.98 Å². The van der Waals surface area contributed by atoms with Crippen LogP contribution in [0.2, 0.25) is 0 Å². The summed E-state index contributed by atoms with van der Waals surface area (Å²) in [4.78, 5) is 16.2. The second-order valence-corrected chi connectivity index (χ2v) is 5.99. The average Bonchev–Trinajstić information content (AvgIpc) is 2.78. The van der Waals surface area contributed by atoms with Crippen molar-refractivity contribution in [2.75, 3.05) is 12.3 Å². The number of nitrogens with one attached hydrogen (secondary N) is 1. The van der Waals surface area contributed by atoms with Crippen molar-refractivity contribution in [1.29, 1.82) is 0 Å². The molecule has 4 nitrogen and oxygen atoms in total. The highest BCUT2D eigenvalue weighted by molar-refractivity contribution is 7.15. The number of carbonyl (C=O) groups is 1. The van der Waals surface area contributed by atoms with Crippen LogP contribution < -0.4 is 11.1 Å². The highest BCUT2D eigenvalue weighted by Gasteiger charge is 2.07. The fourth-order valence-electron chi connectivity index (χ4n) is 1.99. The number of hydrogen-bond acceptors (Lipinski definition) is 4. The fraction of sp³-hybridized carbons (Fsp3) is 0.250. The molecule has 1 heterocycles. The molecule has 1 amide bonds. The van der Waals surface area contributed by atoms with Gasteiger partial charge >= 0.3 is 0 Å². The van der Waals surface area contributed by atoms with E-state index in [1.165, 1.54) is 18.3 Å². The number of hydrogen-bond donors (Lipinski definition) is 2. The molecule has 3 N–H and O–H groups in total. The number of amides is 1. The maximum atomic E-state index is 10.7. The molecule has 0 bridgehead atoms. The van der Waals surface area contributed by atoms with E-state index < -0.39 is 0 Å². The summed E-state index contributed by atoms with van der Waals surface area (Å²) < 4.78 is 0. The first-order valence-corrected chi connectivity index (χ1v) is 7.62. The van der Waals surface area contributed by atoms with Crippen LogP contribution in [0.4, 0.5) is 5.13 Å². The van der Waals surface area contributed by atoms with Crippen molar-refractivity contribution in [3.8, 4) is 11.3 Å². The Hall–Kier alpha value is -2.14. The molecule has 0 spiro atoms. The molecule has 0 aliphatic heterocycles. The summed E-state index contributed by atoms with van der Waals surface area (Å²) in [5, 5.41) is 3.36. The first-order valence-electron chi connectivity index (χ1n) is 6.80. The highest BCUT2D eigenvalue weighted by atomic mass is 32.1. The van der Waals surface area contributed by atoms with Crippen molar-refractivity contribution in [3.63, 3.8) is 0 Å². The average molecular weight is 301 g/mol. The topological polar surface area (TPSA) is 68.0 Å². The second kappa shape index (κ2) is 7.04. The molecule has 21 heavy (non-hydrogen) atoms. The van der Waals surface area contributed by atoms with E-state index in [0.717, 1.165) is 28.1 Å². The molecule has 1 aromatic heterocycles. The van der Waals surface area contributed by atoms with Crippen molar-refractivity contribution < 1.29 is 4.79 Å². The zero-order chi connectivity index (χ0) is 15.2. The van der Waals surface area contributed by atoms with Crippen molar-refractivity contribution in [2.45, 2.75) is 20.3 Å². The molecular formula is C16H19N3OS. The number of aryl methyl sites for hydroxylation is 1. The smallest absolute Gasteiger partial charge is 0.216 e. The fourth-order valence-corrected chi connectivity index (χ4v) is 2.70. The van der Waals surface area contributed by atoms with Gasteiger partial charge in [0.25, 0.3) is 0 Å². The minimum atomic E-state index is 0.00524. The molecule has 110 valence electrons. The van der Waals surface area contributed by atoms with E-state index in [2.05, 4.69) is 40.6 Å². The number of aromatic nitrogens is 1. The van der Waals surface area contributed by atoms with E-state index in [4.69, 9.17) is 5.73 Å². The van der Waals surface area contributed by atoms with Gasteiger partial charge in [0.1, 0.15) is 0 Å². The zero-order valence-electron chi connectivity index (χ0n) is 12.2. The molecule has 0 aliphatic rings. The molecule has 2 rings (SSSR count). The Morgan fingerprint density at radius 3 is 2.67 bits per heavy atom. The van der Waals surface area contributed by atoms with Crippen molar-refractivity contribution in [1.82, 2.24) is 10.3 Å². The number of anilines is 1. The highest BCUT2D eigenvalue weighted by Crippen LogP contribution is 2.28. The Morgan fingerprint density at radius 2 is 2.10 bits per heavy atom. The number of carbonyl (C=O) groups excluding carboxylic acids is 1. The van der Waals surface area contributed by atoms with E-state index in [1.807, 2.05) is 13.0 Å². The van der Waals surface area contributed by atoms with Gasteiger partial charge in [-0.1, -0.05) is 36.4 Å². The first kappa shape index (κ1) is 15.3. The largest absolute Gasteiger partial charge is 0.375 e. The van der Waals surface area contributed by atoms with Crippen LogP contribution in [0.5, 0.6) is 0 Å². The molecule has 5 heteroatoms. The van der Waals surface area contributed by atoms with Gasteiger partial charge in [-0.3, -0.25) is 4.79 Å². The summed E-state index contributed by atoms with van der Waals surface area (Å²) in [6.45, 7) is 4.22. The number of nitrogens with two attached hydrogens (primary N) is 1. The normalized spacial score (nSPS) is 11.0. The van der Waals surface area contributed by atoms with Gasteiger partial charge < -0.3 is 11.1 Å². The molecule has 0 unspecified atom stereocenters. The van der Waals surface area contributed by atoms with Crippen LogP contribution in [0.25, 0.3) is 17.3 Å². The standard InChI is InChI=1S/C16H19N3OS/c1-11-15(19-16(17)21-11)14-8-6-13(7-9-14)5-3-4-10-18-12(2)20/h3,5-9H,4,10H2,1-2H3,(H2,17,19)(H,18,20). The summed E-state index contributed by atoms with van der Waals surface area (Å²) in [7, 11) is 0. The minimum absolute atomic E-state index is 0.00524. The van der Waals surface area contributed by atoms with Gasteiger partial charge in [0.15, 0.2) is 5.13 Å². The first-order chi connectivity index (χ1) is 10.1. The van der Waals surface area contributed by atoms with E-state index in [-0.39, 0.29) is 5.91 Å². The van der Waals surface area contributed by atoms with E-state index in [0.29, 0.717) is 11.7 Å². The third-order valence-corrected chi connectivity index (χ3v) is 3.79. The molecule has 0 radical (unpaired) electrons. The molecule has 0 atom stereocenters. The molecule has 0 aliphatic carbocycles. The van der Waals surface area contributed by atoms with Crippen molar-refractivity contribution in [3.05, 3.63) is 40.8 Å². The molecule has 1 aromatic carbocycles. The van der Waals surface area contributed by atoms with Gasteiger partial charge in [0.05, 0.1) is 5.69 Å². The van der Waals surface area contributed by atoms with Crippen molar-refractivity contribution in [2.24, 2.45) is 0 Å². The number of nitrogens with zero attached hydrogens (tertiary/aromatic N) is 1. The van der Waals surface area contributed by atoms with Crippen LogP contribution in [0.1, 0.15) is 23.8 Å². The Labute approximate surface area is 128 Å². The summed E-state index contributed by atoms with van der Waals surface area (Å²) in [5.41, 5.74) is 8.89. The lowest BCUT2D eigenvalue weighted by atomic mass is 10.1. The number of thiazole rings is 1. The minimum Gasteiger partial charge on any atom is -0.375 e. The third kappa shape index (κ3) is 4.43. The Morgan fingerprint density at radius 1 is 1.38 bits per heavy atom. The van der Waals surface area contributed by atoms with Crippen LogP contribution in [0.3, 0.4) is 0 Å². The van der Waals surface area contributed by atoms with E-state index in [9.17, 15) is 4.79 Å². The predicted octanol–water partition coefficient (Wildman–Crippen LogP) is 3.24. The number of benzene rings is 1. The lowest BCUT2D eigenvalue weighted by molar-refractivity contribution is -0.118. The van der Waals surface area contributed by atoms with Crippen LogP contribution in [-0.2, 0) is 4.79 Å². The monoisotopic (exact) mass is 301 g/mol. The Bertz CT molecular complexity index is 644. The molecule has 2 aromatic rings. The summed E-state index contributed by atoms with van der Waals surface area (Å²) in [6.07, 6.45) is 4.92. The molecular weight excluding hydrogens is 282 g/mol. The van der Waals surface area contributed by atoms with E-state index >= 15 is 0 Å². The van der Waals surface area contributed by atoms with Crippen LogP contribution >= 0.6 is 11.3 Å². The molecule has 0 saturated carbocycles. The quantitative estimate of drug-likeness (QED) is 0.833. The van der Waals surface area contributed by atoms with Gasteiger partial charge in [-0.2, -0.15) is 0 Å². The lowest BCUT2D eigenvalue weighted by Gasteiger charge is -2.00. The summed E-state index contributed by atoms with van der Waals surface area (Å²) >= 11 is 1.51.